The van der Waals surface area contributed by atoms with Gasteiger partial charge in [-0.1, -0.05) is 16.8 Å². The minimum absolute atomic E-state index is 0.161. The third-order valence-electron chi connectivity index (χ3n) is 3.14. The van der Waals surface area contributed by atoms with Crippen molar-refractivity contribution in [3.05, 3.63) is 65.0 Å². The number of aromatic nitrogens is 4. The minimum Gasteiger partial charge on any atom is -0.319 e. The van der Waals surface area contributed by atoms with Gasteiger partial charge >= 0.3 is 0 Å². The fraction of sp³-hybridized carbons (Fsp3) is 0.0667. The number of amides is 1. The first-order valence-corrected chi connectivity index (χ1v) is 7.02. The van der Waals surface area contributed by atoms with Crippen LogP contribution in [0.1, 0.15) is 16.2 Å². The molecule has 23 heavy (non-hydrogen) atoms. The van der Waals surface area contributed by atoms with Crippen molar-refractivity contribution >= 4 is 23.2 Å². The lowest BCUT2D eigenvalue weighted by molar-refractivity contribution is 0.102. The minimum atomic E-state index is -0.431. The summed E-state index contributed by atoms with van der Waals surface area (Å²) < 4.78 is 14.4. The van der Waals surface area contributed by atoms with E-state index >= 15 is 0 Å². The zero-order valence-corrected chi connectivity index (χ0v) is 12.8. The van der Waals surface area contributed by atoms with Crippen LogP contribution in [0.15, 0.2) is 42.7 Å². The number of benzene rings is 1. The first-order chi connectivity index (χ1) is 11.0. The molecule has 0 fully saturated rings. The lowest BCUT2D eigenvalue weighted by Gasteiger charge is -2.05. The first-order valence-electron chi connectivity index (χ1n) is 6.65. The van der Waals surface area contributed by atoms with Crippen molar-refractivity contribution in [3.8, 4) is 5.69 Å². The molecule has 0 aliphatic rings. The number of nitrogens with one attached hydrogen (secondary N) is 1. The second-order valence-electron chi connectivity index (χ2n) is 4.76. The molecule has 0 unspecified atom stereocenters. The Bertz CT molecular complexity index is 863. The fourth-order valence-electron chi connectivity index (χ4n) is 2.04. The average molecular weight is 332 g/mol. The van der Waals surface area contributed by atoms with Crippen molar-refractivity contribution in [3.63, 3.8) is 0 Å². The van der Waals surface area contributed by atoms with E-state index in [1.807, 2.05) is 0 Å². The maximum atomic E-state index is 13.0. The summed E-state index contributed by atoms with van der Waals surface area (Å²) in [6.07, 6.45) is 2.94. The molecule has 0 aliphatic carbocycles. The van der Waals surface area contributed by atoms with Gasteiger partial charge in [-0.05, 0) is 37.3 Å². The molecule has 2 heterocycles. The summed E-state index contributed by atoms with van der Waals surface area (Å²) in [7, 11) is 0. The lowest BCUT2D eigenvalue weighted by Crippen LogP contribution is -2.14. The molecular weight excluding hydrogens is 321 g/mol. The third-order valence-corrected chi connectivity index (χ3v) is 3.35. The smallest absolute Gasteiger partial charge is 0.278 e. The Kier molecular flexibility index (Phi) is 4.03. The van der Waals surface area contributed by atoms with Gasteiger partial charge in [-0.15, -0.1) is 5.10 Å². The summed E-state index contributed by atoms with van der Waals surface area (Å²) >= 11 is 5.83. The summed E-state index contributed by atoms with van der Waals surface area (Å²) in [5.41, 5.74) is 1.76. The average Bonchev–Trinajstić information content (AvgIpc) is 2.90. The zero-order chi connectivity index (χ0) is 16.4. The summed E-state index contributed by atoms with van der Waals surface area (Å²) in [4.78, 5) is 16.2. The highest BCUT2D eigenvalue weighted by atomic mass is 35.5. The van der Waals surface area contributed by atoms with Gasteiger partial charge in [-0.3, -0.25) is 9.78 Å². The molecule has 0 bridgehead atoms. The van der Waals surface area contributed by atoms with E-state index < -0.39 is 5.91 Å². The largest absolute Gasteiger partial charge is 0.319 e. The van der Waals surface area contributed by atoms with Gasteiger partial charge in [0, 0.05) is 6.20 Å². The molecule has 1 N–H and O–H groups in total. The Balaban J connectivity index is 1.86. The van der Waals surface area contributed by atoms with Gasteiger partial charge in [0.1, 0.15) is 5.82 Å². The maximum Gasteiger partial charge on any atom is 0.278 e. The van der Waals surface area contributed by atoms with Crippen LogP contribution in [-0.2, 0) is 0 Å². The highest BCUT2D eigenvalue weighted by Crippen LogP contribution is 2.16. The van der Waals surface area contributed by atoms with E-state index in [2.05, 4.69) is 20.6 Å². The fourth-order valence-corrected chi connectivity index (χ4v) is 2.21. The molecule has 0 radical (unpaired) electrons. The Hall–Kier alpha value is -2.80. The van der Waals surface area contributed by atoms with Crippen LogP contribution in [0.3, 0.4) is 0 Å². The highest BCUT2D eigenvalue weighted by molar-refractivity contribution is 6.30. The molecule has 2 aromatic heterocycles. The molecule has 0 saturated carbocycles. The number of rotatable bonds is 3. The number of anilines is 1. The number of carbonyl (C=O) groups is 1. The molecule has 0 saturated heterocycles. The quantitative estimate of drug-likeness (QED) is 0.800. The molecule has 3 rings (SSSR count). The lowest BCUT2D eigenvalue weighted by atomic mass is 10.2. The first kappa shape index (κ1) is 15.1. The second-order valence-corrected chi connectivity index (χ2v) is 5.19. The van der Waals surface area contributed by atoms with Gasteiger partial charge in [0.15, 0.2) is 5.69 Å². The molecule has 116 valence electrons. The van der Waals surface area contributed by atoms with Crippen molar-refractivity contribution in [2.24, 2.45) is 0 Å². The van der Waals surface area contributed by atoms with Crippen LogP contribution in [0.2, 0.25) is 5.02 Å². The molecule has 1 aromatic carbocycles. The van der Waals surface area contributed by atoms with Gasteiger partial charge in [0.2, 0.25) is 0 Å². The molecule has 6 nitrogen and oxygen atoms in total. The Morgan fingerprint density at radius 1 is 1.26 bits per heavy atom. The molecule has 0 aliphatic heterocycles. The van der Waals surface area contributed by atoms with Gasteiger partial charge in [-0.2, -0.15) is 0 Å². The maximum absolute atomic E-state index is 13.0. The van der Waals surface area contributed by atoms with Crippen LogP contribution < -0.4 is 5.32 Å². The van der Waals surface area contributed by atoms with E-state index in [1.165, 1.54) is 29.2 Å². The summed E-state index contributed by atoms with van der Waals surface area (Å²) in [5.74, 6) is -0.780. The number of carbonyl (C=O) groups excluding carboxylic acids is 1. The Labute approximate surface area is 135 Å². The standard InChI is InChI=1S/C15H11ClFN5O/c1-9-14(15(23)19-12-6-10(16)7-18-8-12)20-21-22(9)13-4-2-11(17)3-5-13/h2-8H,1H3,(H,19,23). The number of hydrogen-bond donors (Lipinski definition) is 1. The van der Waals surface area contributed by atoms with Crippen molar-refractivity contribution in [2.45, 2.75) is 6.92 Å². The van der Waals surface area contributed by atoms with E-state index in [0.717, 1.165) is 0 Å². The number of halogens is 2. The van der Waals surface area contributed by atoms with Gasteiger partial charge in [0.05, 0.1) is 28.3 Å². The third kappa shape index (κ3) is 3.19. The molecule has 1 amide bonds. The van der Waals surface area contributed by atoms with Crippen LogP contribution in [-0.4, -0.2) is 25.9 Å². The van der Waals surface area contributed by atoms with E-state index in [9.17, 15) is 9.18 Å². The predicted molar refractivity (Wildman–Crippen MR) is 83.3 cm³/mol. The zero-order valence-electron chi connectivity index (χ0n) is 12.0. The second kappa shape index (κ2) is 6.13. The molecule has 0 spiro atoms. The molecular formula is C15H11ClFN5O. The van der Waals surface area contributed by atoms with E-state index in [-0.39, 0.29) is 11.5 Å². The van der Waals surface area contributed by atoms with E-state index in [4.69, 9.17) is 11.6 Å². The van der Waals surface area contributed by atoms with Crippen LogP contribution in [0.25, 0.3) is 5.69 Å². The van der Waals surface area contributed by atoms with Crippen LogP contribution in [0.5, 0.6) is 0 Å². The normalized spacial score (nSPS) is 10.6. The molecule has 8 heteroatoms. The van der Waals surface area contributed by atoms with E-state index in [0.29, 0.717) is 22.1 Å². The van der Waals surface area contributed by atoms with Crippen molar-refractivity contribution < 1.29 is 9.18 Å². The summed E-state index contributed by atoms with van der Waals surface area (Å²) in [6.45, 7) is 1.70. The summed E-state index contributed by atoms with van der Waals surface area (Å²) in [6, 6.07) is 7.31. The van der Waals surface area contributed by atoms with Gasteiger partial charge < -0.3 is 5.32 Å². The Morgan fingerprint density at radius 3 is 2.70 bits per heavy atom. The van der Waals surface area contributed by atoms with E-state index in [1.54, 1.807) is 25.1 Å². The molecule has 3 aromatic rings. The van der Waals surface area contributed by atoms with Crippen LogP contribution in [0.4, 0.5) is 10.1 Å². The van der Waals surface area contributed by atoms with Crippen LogP contribution in [0, 0.1) is 12.7 Å². The Morgan fingerprint density at radius 2 is 2.00 bits per heavy atom. The van der Waals surface area contributed by atoms with Crippen molar-refractivity contribution in [2.75, 3.05) is 5.32 Å². The van der Waals surface area contributed by atoms with Gasteiger partial charge in [0.25, 0.3) is 5.91 Å². The van der Waals surface area contributed by atoms with Crippen molar-refractivity contribution in [1.82, 2.24) is 20.0 Å². The summed E-state index contributed by atoms with van der Waals surface area (Å²) in [5, 5.41) is 10.9. The number of hydrogen-bond acceptors (Lipinski definition) is 4. The van der Waals surface area contributed by atoms with Crippen LogP contribution >= 0.6 is 11.6 Å². The predicted octanol–water partition coefficient (Wildman–Crippen LogP) is 3.02. The topological polar surface area (TPSA) is 72.7 Å². The SMILES string of the molecule is Cc1c(C(=O)Nc2cncc(Cl)c2)nnn1-c1ccc(F)cc1. The number of nitrogens with zero attached hydrogens (tertiary/aromatic N) is 4. The highest BCUT2D eigenvalue weighted by Gasteiger charge is 2.17. The molecule has 0 atom stereocenters. The van der Waals surface area contributed by atoms with Gasteiger partial charge in [-0.25, -0.2) is 9.07 Å². The van der Waals surface area contributed by atoms with Crippen molar-refractivity contribution in [1.29, 1.82) is 0 Å². The monoisotopic (exact) mass is 331 g/mol. The number of pyridine rings is 1.